The Labute approximate surface area is 124 Å². The molecule has 0 aliphatic heterocycles. The molecule has 0 unspecified atom stereocenters. The quantitative estimate of drug-likeness (QED) is 0.732. The first-order valence-electron chi connectivity index (χ1n) is 5.26. The molecule has 1 heterocycles. The number of hydrogen-bond acceptors (Lipinski definition) is 2. The number of alkyl halides is 4. The average Bonchev–Trinajstić information content (AvgIpc) is 2.77. The van der Waals surface area contributed by atoms with Gasteiger partial charge in [-0.2, -0.15) is 13.2 Å². The predicted molar refractivity (Wildman–Crippen MR) is 71.6 cm³/mol. The van der Waals surface area contributed by atoms with Crippen LogP contribution in [0.4, 0.5) is 13.2 Å². The number of rotatable bonds is 3. The van der Waals surface area contributed by atoms with Gasteiger partial charge in [-0.15, -0.1) is 5.10 Å². The van der Waals surface area contributed by atoms with Crippen LogP contribution in [-0.4, -0.2) is 20.3 Å². The van der Waals surface area contributed by atoms with Gasteiger partial charge in [0.15, 0.2) is 0 Å². The normalized spacial score (nSPS) is 11.8. The van der Waals surface area contributed by atoms with Crippen LogP contribution >= 0.6 is 31.9 Å². The molecule has 102 valence electrons. The molecule has 2 rings (SSSR count). The SMILES string of the molecule is FC(F)(F)c1cc(Br)ccc1-n1cc(CCBr)nn1. The van der Waals surface area contributed by atoms with Crippen LogP contribution in [0.2, 0.25) is 0 Å². The summed E-state index contributed by atoms with van der Waals surface area (Å²) in [4.78, 5) is 0. The van der Waals surface area contributed by atoms with E-state index in [1.807, 2.05) is 0 Å². The Balaban J connectivity index is 2.48. The molecule has 0 spiro atoms. The second-order valence-corrected chi connectivity index (χ2v) is 5.46. The molecule has 3 nitrogen and oxygen atoms in total. The Kier molecular flexibility index (Phi) is 4.29. The number of aryl methyl sites for hydroxylation is 1. The Morgan fingerprint density at radius 1 is 1.26 bits per heavy atom. The molecule has 1 aromatic carbocycles. The van der Waals surface area contributed by atoms with Crippen LogP contribution in [-0.2, 0) is 12.6 Å². The van der Waals surface area contributed by atoms with Gasteiger partial charge in [-0.25, -0.2) is 4.68 Å². The largest absolute Gasteiger partial charge is 0.418 e. The van der Waals surface area contributed by atoms with E-state index >= 15 is 0 Å². The van der Waals surface area contributed by atoms with Crippen LogP contribution < -0.4 is 0 Å². The Hall–Kier alpha value is -0.890. The first-order valence-corrected chi connectivity index (χ1v) is 7.17. The van der Waals surface area contributed by atoms with Gasteiger partial charge in [0, 0.05) is 16.2 Å². The third-order valence-electron chi connectivity index (χ3n) is 2.40. The van der Waals surface area contributed by atoms with Crippen molar-refractivity contribution in [2.24, 2.45) is 0 Å². The molecule has 0 aliphatic carbocycles. The van der Waals surface area contributed by atoms with Gasteiger partial charge in [-0.1, -0.05) is 37.1 Å². The van der Waals surface area contributed by atoms with Gasteiger partial charge in [-0.05, 0) is 18.2 Å². The van der Waals surface area contributed by atoms with Gasteiger partial charge in [0.1, 0.15) is 0 Å². The van der Waals surface area contributed by atoms with Crippen molar-refractivity contribution in [2.45, 2.75) is 12.6 Å². The van der Waals surface area contributed by atoms with E-state index in [1.165, 1.54) is 18.3 Å². The van der Waals surface area contributed by atoms with Crippen LogP contribution in [0.5, 0.6) is 0 Å². The molecule has 0 atom stereocenters. The minimum Gasteiger partial charge on any atom is -0.220 e. The van der Waals surface area contributed by atoms with Gasteiger partial charge in [0.05, 0.1) is 23.1 Å². The van der Waals surface area contributed by atoms with Crippen molar-refractivity contribution in [1.29, 1.82) is 0 Å². The summed E-state index contributed by atoms with van der Waals surface area (Å²) in [5.41, 5.74) is -0.158. The average molecular weight is 399 g/mol. The lowest BCUT2D eigenvalue weighted by Gasteiger charge is -2.12. The summed E-state index contributed by atoms with van der Waals surface area (Å²) < 4.78 is 40.4. The summed E-state index contributed by atoms with van der Waals surface area (Å²) in [6.07, 6.45) is -2.34. The van der Waals surface area contributed by atoms with Crippen molar-refractivity contribution in [3.8, 4) is 5.69 Å². The Morgan fingerprint density at radius 3 is 2.63 bits per heavy atom. The van der Waals surface area contributed by atoms with E-state index in [-0.39, 0.29) is 5.69 Å². The summed E-state index contributed by atoms with van der Waals surface area (Å²) in [6.45, 7) is 0. The molecule has 0 aliphatic rings. The summed E-state index contributed by atoms with van der Waals surface area (Å²) in [7, 11) is 0. The third kappa shape index (κ3) is 3.36. The number of nitrogens with zero attached hydrogens (tertiary/aromatic N) is 3. The minimum absolute atomic E-state index is 0.0379. The number of hydrogen-bond donors (Lipinski definition) is 0. The summed E-state index contributed by atoms with van der Waals surface area (Å²) in [6, 6.07) is 3.93. The maximum atomic E-state index is 13.0. The molecule has 8 heteroatoms. The van der Waals surface area contributed by atoms with E-state index < -0.39 is 11.7 Å². The zero-order chi connectivity index (χ0) is 14.0. The lowest BCUT2D eigenvalue weighted by molar-refractivity contribution is -0.137. The smallest absolute Gasteiger partial charge is 0.220 e. The molecule has 0 fully saturated rings. The Bertz CT molecular complexity index is 581. The van der Waals surface area contributed by atoms with Gasteiger partial charge in [0.2, 0.25) is 0 Å². The summed E-state index contributed by atoms with van der Waals surface area (Å²) in [5, 5.41) is 8.25. The van der Waals surface area contributed by atoms with E-state index in [0.717, 1.165) is 10.7 Å². The van der Waals surface area contributed by atoms with E-state index in [1.54, 1.807) is 0 Å². The molecule has 0 N–H and O–H groups in total. The molecular weight excluding hydrogens is 391 g/mol. The lowest BCUT2D eigenvalue weighted by Crippen LogP contribution is -2.11. The number of aromatic nitrogens is 3. The predicted octanol–water partition coefficient (Wildman–Crippen LogP) is 3.99. The maximum absolute atomic E-state index is 13.0. The highest BCUT2D eigenvalue weighted by atomic mass is 79.9. The van der Waals surface area contributed by atoms with Crippen molar-refractivity contribution in [3.05, 3.63) is 40.1 Å². The van der Waals surface area contributed by atoms with E-state index in [2.05, 4.69) is 42.2 Å². The fraction of sp³-hybridized carbons (Fsp3) is 0.273. The highest BCUT2D eigenvalue weighted by Crippen LogP contribution is 2.35. The van der Waals surface area contributed by atoms with Crippen LogP contribution in [0.15, 0.2) is 28.9 Å². The number of halogens is 5. The van der Waals surface area contributed by atoms with Crippen molar-refractivity contribution in [1.82, 2.24) is 15.0 Å². The van der Waals surface area contributed by atoms with E-state index in [0.29, 0.717) is 21.9 Å². The Morgan fingerprint density at radius 2 is 2.00 bits per heavy atom. The van der Waals surface area contributed by atoms with E-state index in [4.69, 9.17) is 0 Å². The van der Waals surface area contributed by atoms with Crippen molar-refractivity contribution < 1.29 is 13.2 Å². The highest BCUT2D eigenvalue weighted by Gasteiger charge is 2.34. The maximum Gasteiger partial charge on any atom is 0.418 e. The molecule has 0 bridgehead atoms. The summed E-state index contributed by atoms with van der Waals surface area (Å²) >= 11 is 6.28. The first kappa shape index (κ1) is 14.5. The molecule has 0 amide bonds. The molecule has 0 saturated heterocycles. The van der Waals surface area contributed by atoms with Crippen LogP contribution in [0.25, 0.3) is 5.69 Å². The second kappa shape index (κ2) is 5.62. The monoisotopic (exact) mass is 397 g/mol. The minimum atomic E-state index is -4.44. The lowest BCUT2D eigenvalue weighted by atomic mass is 10.1. The fourth-order valence-corrected chi connectivity index (χ4v) is 2.33. The third-order valence-corrected chi connectivity index (χ3v) is 3.29. The van der Waals surface area contributed by atoms with Crippen LogP contribution in [0.1, 0.15) is 11.3 Å². The molecule has 2 aromatic rings. The van der Waals surface area contributed by atoms with Crippen molar-refractivity contribution in [2.75, 3.05) is 5.33 Å². The number of benzene rings is 1. The van der Waals surface area contributed by atoms with Crippen molar-refractivity contribution >= 4 is 31.9 Å². The van der Waals surface area contributed by atoms with Crippen molar-refractivity contribution in [3.63, 3.8) is 0 Å². The van der Waals surface area contributed by atoms with E-state index in [9.17, 15) is 13.2 Å². The topological polar surface area (TPSA) is 30.7 Å². The first-order chi connectivity index (χ1) is 8.91. The standard InChI is InChI=1S/C11H8Br2F3N3/c12-4-3-8-6-19(18-17-8)10-2-1-7(13)5-9(10)11(14,15)16/h1-2,5-6H,3-4H2. The van der Waals surface area contributed by atoms with Gasteiger partial charge < -0.3 is 0 Å². The fourth-order valence-electron chi connectivity index (χ4n) is 1.56. The molecule has 1 aromatic heterocycles. The molecule has 0 radical (unpaired) electrons. The zero-order valence-electron chi connectivity index (χ0n) is 9.46. The summed E-state index contributed by atoms with van der Waals surface area (Å²) in [5.74, 6) is 0. The second-order valence-electron chi connectivity index (χ2n) is 3.75. The van der Waals surface area contributed by atoms with Gasteiger partial charge in [-0.3, -0.25) is 0 Å². The highest BCUT2D eigenvalue weighted by molar-refractivity contribution is 9.10. The molecule has 19 heavy (non-hydrogen) atoms. The zero-order valence-corrected chi connectivity index (χ0v) is 12.6. The van der Waals surface area contributed by atoms with Crippen LogP contribution in [0, 0.1) is 0 Å². The molecular formula is C11H8Br2F3N3. The van der Waals surface area contributed by atoms with Gasteiger partial charge >= 0.3 is 6.18 Å². The van der Waals surface area contributed by atoms with Crippen LogP contribution in [0.3, 0.4) is 0 Å². The molecule has 0 saturated carbocycles. The van der Waals surface area contributed by atoms with Gasteiger partial charge in [0.25, 0.3) is 0 Å².